The summed E-state index contributed by atoms with van der Waals surface area (Å²) >= 11 is 0. The van der Waals surface area contributed by atoms with Crippen molar-refractivity contribution in [2.45, 2.75) is 62.3 Å². The molecule has 0 aromatic carbocycles. The molecule has 23 heteroatoms. The number of carboxylic acids is 9. The van der Waals surface area contributed by atoms with E-state index in [1.807, 2.05) is 0 Å². The number of hydrogen-bond donors (Lipinski definition) is 14. The molecule has 18 N–H and O–H groups in total. The Kier molecular flexibility index (Phi) is 122. The van der Waals surface area contributed by atoms with E-state index < -0.39 is 53.7 Å². The molecule has 0 amide bonds. The second kappa shape index (κ2) is 78.0. The van der Waals surface area contributed by atoms with Crippen LogP contribution in [-0.2, 0) is 43.2 Å². The van der Waals surface area contributed by atoms with Gasteiger partial charge in [0.25, 0.3) is 53.7 Å². The first-order valence-electron chi connectivity index (χ1n) is 12.2. The summed E-state index contributed by atoms with van der Waals surface area (Å²) in [6, 6.07) is 0. The highest BCUT2D eigenvalue weighted by Gasteiger charge is 1.76. The molecule has 0 spiro atoms. The molecule has 0 bridgehead atoms. The molecule has 0 radical (unpaired) electrons. The normalized spacial score (nSPS) is 6.83. The zero-order chi connectivity index (χ0) is 41.1. The average molecular weight is 704 g/mol. The SMILES string of the molecule is CC(=O)O.CC(=O)O.CC(=O)O.CC(=O)O.CC(=O)O.CC(=O)O.CC(=O)O.CC(=O)O.CC(=O)O.NCCN.NCCNCCN. The molecule has 23 nitrogen and oxygen atoms in total. The molecular weight excluding hydrogens is 646 g/mol. The lowest BCUT2D eigenvalue weighted by molar-refractivity contribution is -0.135. The van der Waals surface area contributed by atoms with Crippen molar-refractivity contribution in [3.63, 3.8) is 0 Å². The Labute approximate surface area is 273 Å². The van der Waals surface area contributed by atoms with Crippen molar-refractivity contribution in [1.82, 2.24) is 5.32 Å². The minimum absolute atomic E-state index is 0.597. The van der Waals surface area contributed by atoms with Crippen molar-refractivity contribution >= 4 is 53.7 Å². The summed E-state index contributed by atoms with van der Waals surface area (Å²) in [6.07, 6.45) is 0. The maximum absolute atomic E-state index is 9.00. The van der Waals surface area contributed by atoms with Crippen LogP contribution in [0.2, 0.25) is 0 Å². The summed E-state index contributed by atoms with van der Waals surface area (Å²) in [6.45, 7) is 14.1. The molecule has 0 unspecified atom stereocenters. The van der Waals surface area contributed by atoms with Crippen molar-refractivity contribution in [3.8, 4) is 0 Å². The van der Waals surface area contributed by atoms with Gasteiger partial charge < -0.3 is 74.2 Å². The number of carboxylic acid groups (broad SMARTS) is 9. The smallest absolute Gasteiger partial charge is 0.300 e. The molecular formula is C24H57N5O18. The number of carbonyl (C=O) groups is 9. The van der Waals surface area contributed by atoms with Crippen LogP contribution in [-0.4, -0.2) is 139 Å². The molecule has 0 saturated carbocycles. The summed E-state index contributed by atoms with van der Waals surface area (Å²) in [4.78, 5) is 81.0. The van der Waals surface area contributed by atoms with E-state index >= 15 is 0 Å². The van der Waals surface area contributed by atoms with Gasteiger partial charge in [0.2, 0.25) is 0 Å². The summed E-state index contributed by atoms with van der Waals surface area (Å²) in [7, 11) is 0. The van der Waals surface area contributed by atoms with Gasteiger partial charge in [-0.25, -0.2) is 0 Å². The quantitative estimate of drug-likeness (QED) is 0.141. The standard InChI is InChI=1S/C4H13N3.C2H8N2.9C2H4O2/c5-1-3-7-4-2-6;3-1-2-4;9*1-2(3)4/h7H,1-6H2;1-4H2;9*1H3,(H,3,4). The highest BCUT2D eigenvalue weighted by molar-refractivity contribution is 5.64. The van der Waals surface area contributed by atoms with Crippen LogP contribution < -0.4 is 28.3 Å². The van der Waals surface area contributed by atoms with E-state index in [2.05, 4.69) is 5.32 Å². The van der Waals surface area contributed by atoms with Crippen LogP contribution in [0.25, 0.3) is 0 Å². The van der Waals surface area contributed by atoms with E-state index in [-0.39, 0.29) is 0 Å². The predicted octanol–water partition coefficient (Wildman–Crippen LogP) is -1.78. The monoisotopic (exact) mass is 703 g/mol. The molecule has 0 aromatic heterocycles. The fourth-order valence-corrected chi connectivity index (χ4v) is 0.329. The molecule has 0 aliphatic heterocycles. The molecule has 0 saturated heterocycles. The number of nitrogens with one attached hydrogen (secondary N) is 1. The van der Waals surface area contributed by atoms with Crippen molar-refractivity contribution in [2.75, 3.05) is 39.3 Å². The minimum atomic E-state index is -0.833. The van der Waals surface area contributed by atoms with Crippen LogP contribution in [0.1, 0.15) is 62.3 Å². The van der Waals surface area contributed by atoms with Crippen LogP contribution in [0.15, 0.2) is 0 Å². The molecule has 0 rings (SSSR count). The summed E-state index contributed by atoms with van der Waals surface area (Å²) in [5, 5.41) is 69.8. The van der Waals surface area contributed by atoms with Crippen molar-refractivity contribution in [1.29, 1.82) is 0 Å². The van der Waals surface area contributed by atoms with Crippen molar-refractivity contribution < 1.29 is 89.1 Å². The average Bonchev–Trinajstić information content (AvgIpc) is 2.76. The summed E-state index contributed by atoms with van der Waals surface area (Å²) in [5.74, 6) is -7.50. The molecule has 286 valence electrons. The van der Waals surface area contributed by atoms with Crippen LogP contribution in [0.5, 0.6) is 0 Å². The number of aliphatic carboxylic acids is 9. The van der Waals surface area contributed by atoms with Gasteiger partial charge in [-0.15, -0.1) is 0 Å². The van der Waals surface area contributed by atoms with Crippen LogP contribution in [0, 0.1) is 0 Å². The first-order valence-corrected chi connectivity index (χ1v) is 12.2. The van der Waals surface area contributed by atoms with Gasteiger partial charge >= 0.3 is 0 Å². The lowest BCUT2D eigenvalue weighted by Crippen LogP contribution is -2.27. The summed E-state index contributed by atoms with van der Waals surface area (Å²) < 4.78 is 0. The van der Waals surface area contributed by atoms with Gasteiger partial charge in [-0.2, -0.15) is 0 Å². The highest BCUT2D eigenvalue weighted by Crippen LogP contribution is 1.49. The number of rotatable bonds is 5. The molecule has 47 heavy (non-hydrogen) atoms. The van der Waals surface area contributed by atoms with E-state index in [9.17, 15) is 0 Å². The molecule has 0 heterocycles. The van der Waals surface area contributed by atoms with Crippen molar-refractivity contribution in [2.24, 2.45) is 22.9 Å². The van der Waals surface area contributed by atoms with E-state index in [4.69, 9.17) is 112 Å². The van der Waals surface area contributed by atoms with Crippen LogP contribution in [0.4, 0.5) is 0 Å². The third-order valence-corrected chi connectivity index (χ3v) is 0.809. The third-order valence-electron chi connectivity index (χ3n) is 0.809. The second-order valence-electron chi connectivity index (χ2n) is 6.58. The molecule has 0 aromatic rings. The Morgan fingerprint density at radius 1 is 0.319 bits per heavy atom. The van der Waals surface area contributed by atoms with E-state index in [1.54, 1.807) is 0 Å². The van der Waals surface area contributed by atoms with Crippen molar-refractivity contribution in [3.05, 3.63) is 0 Å². The molecule has 0 fully saturated rings. The number of nitrogens with two attached hydrogens (primary N) is 4. The number of hydrogen-bond acceptors (Lipinski definition) is 14. The first kappa shape index (κ1) is 73.5. The largest absolute Gasteiger partial charge is 0.481 e. The van der Waals surface area contributed by atoms with Gasteiger partial charge in [0.15, 0.2) is 0 Å². The van der Waals surface area contributed by atoms with Crippen LogP contribution in [0.3, 0.4) is 0 Å². The Hall–Kier alpha value is -4.97. The first-order chi connectivity index (χ1) is 20.9. The van der Waals surface area contributed by atoms with Gasteiger partial charge in [0.1, 0.15) is 0 Å². The Morgan fingerprint density at radius 2 is 0.404 bits per heavy atom. The third kappa shape index (κ3) is 69400000. The molecule has 0 aliphatic rings. The lowest BCUT2D eigenvalue weighted by Gasteiger charge is -1.95. The van der Waals surface area contributed by atoms with Gasteiger partial charge in [0.05, 0.1) is 0 Å². The lowest BCUT2D eigenvalue weighted by atomic mass is 10.6. The zero-order valence-electron chi connectivity index (χ0n) is 28.3. The second-order valence-corrected chi connectivity index (χ2v) is 6.58. The van der Waals surface area contributed by atoms with Gasteiger partial charge in [0, 0.05) is 102 Å². The highest BCUT2D eigenvalue weighted by atomic mass is 16.4. The molecule has 0 atom stereocenters. The predicted molar refractivity (Wildman–Crippen MR) is 169 cm³/mol. The van der Waals surface area contributed by atoms with E-state index in [0.717, 1.165) is 75.4 Å². The Bertz CT molecular complexity index is 539. The summed E-state index contributed by atoms with van der Waals surface area (Å²) in [5.41, 5.74) is 20.1. The zero-order valence-corrected chi connectivity index (χ0v) is 28.3. The fourth-order valence-electron chi connectivity index (χ4n) is 0.329. The maximum atomic E-state index is 9.00. The maximum Gasteiger partial charge on any atom is 0.300 e. The van der Waals surface area contributed by atoms with Gasteiger partial charge in [-0.1, -0.05) is 0 Å². The van der Waals surface area contributed by atoms with Gasteiger partial charge in [-0.3, -0.25) is 43.2 Å². The topological polar surface area (TPSA) is 452 Å². The van der Waals surface area contributed by atoms with E-state index in [0.29, 0.717) is 26.2 Å². The molecule has 0 aliphatic carbocycles. The van der Waals surface area contributed by atoms with Crippen LogP contribution >= 0.6 is 0 Å². The van der Waals surface area contributed by atoms with Gasteiger partial charge in [-0.05, 0) is 0 Å². The Balaban J connectivity index is -0.0000000339. The minimum Gasteiger partial charge on any atom is -0.481 e. The Morgan fingerprint density at radius 3 is 0.447 bits per heavy atom. The fraction of sp³-hybridized carbons (Fsp3) is 0.625. The van der Waals surface area contributed by atoms with E-state index in [1.165, 1.54) is 0 Å².